The monoisotopic (exact) mass is 372 g/mol. The number of amides is 1. The van der Waals surface area contributed by atoms with E-state index in [4.69, 9.17) is 4.42 Å². The summed E-state index contributed by atoms with van der Waals surface area (Å²) in [7, 11) is 0. The molecule has 4 heterocycles. The lowest BCUT2D eigenvalue weighted by Crippen LogP contribution is -2.48. The molecule has 1 unspecified atom stereocenters. The number of aromatic nitrogens is 3. The van der Waals surface area contributed by atoms with Gasteiger partial charge in [-0.05, 0) is 39.3 Å². The summed E-state index contributed by atoms with van der Waals surface area (Å²) < 4.78 is 7.62. The number of carbonyl (C=O) groups is 1. The quantitative estimate of drug-likeness (QED) is 0.873. The van der Waals surface area contributed by atoms with Crippen LogP contribution in [0.3, 0.4) is 0 Å². The third kappa shape index (κ3) is 4.06. The van der Waals surface area contributed by atoms with Gasteiger partial charge < -0.3 is 14.6 Å². The lowest BCUT2D eigenvalue weighted by molar-refractivity contribution is 0.0610. The third-order valence-corrected chi connectivity index (χ3v) is 5.56. The maximum Gasteiger partial charge on any atom is 0.274 e. The molecule has 0 bridgehead atoms. The molecule has 1 atom stereocenters. The molecule has 0 saturated carbocycles. The van der Waals surface area contributed by atoms with Crippen LogP contribution in [0.15, 0.2) is 16.7 Å². The molecule has 2 saturated heterocycles. The van der Waals surface area contributed by atoms with E-state index in [9.17, 15) is 4.79 Å². The summed E-state index contributed by atoms with van der Waals surface area (Å²) in [5.74, 6) is 1.66. The molecule has 0 aliphatic carbocycles. The molecule has 4 rings (SSSR count). The second-order valence-corrected chi connectivity index (χ2v) is 7.50. The van der Waals surface area contributed by atoms with Crippen LogP contribution in [0, 0.1) is 13.8 Å². The van der Waals surface area contributed by atoms with Gasteiger partial charge in [-0.25, -0.2) is 4.98 Å². The largest absolute Gasteiger partial charge is 0.444 e. The molecule has 27 heavy (non-hydrogen) atoms. The minimum atomic E-state index is 0.0278. The van der Waals surface area contributed by atoms with Gasteiger partial charge in [0.1, 0.15) is 11.5 Å². The van der Waals surface area contributed by atoms with Gasteiger partial charge in [-0.1, -0.05) is 0 Å². The minimum absolute atomic E-state index is 0.0278. The summed E-state index contributed by atoms with van der Waals surface area (Å²) in [6, 6.07) is 2.20. The second kappa shape index (κ2) is 7.82. The molecule has 146 valence electrons. The van der Waals surface area contributed by atoms with Crippen LogP contribution in [0.5, 0.6) is 0 Å². The summed E-state index contributed by atoms with van der Waals surface area (Å²) in [5.41, 5.74) is 1.50. The van der Waals surface area contributed by atoms with Crippen molar-refractivity contribution in [2.45, 2.75) is 39.3 Å². The molecule has 1 amide bonds. The maximum atomic E-state index is 12.8. The van der Waals surface area contributed by atoms with Gasteiger partial charge >= 0.3 is 0 Å². The van der Waals surface area contributed by atoms with Gasteiger partial charge in [0.25, 0.3) is 5.91 Å². The van der Waals surface area contributed by atoms with Crippen LogP contribution in [0.4, 0.5) is 0 Å². The Balaban J connectivity index is 1.31. The van der Waals surface area contributed by atoms with Crippen molar-refractivity contribution < 1.29 is 9.21 Å². The number of piperidine rings is 1. The fourth-order valence-corrected chi connectivity index (χ4v) is 3.78. The molecular weight excluding hydrogens is 344 g/mol. The SMILES string of the molecule is Cc1nc(CN2CCN(C(=O)c3ccn(C4CCCNC4)n3)CC2)oc1C. The number of oxazole rings is 1. The summed E-state index contributed by atoms with van der Waals surface area (Å²) in [6.45, 7) is 9.63. The number of aryl methyl sites for hydroxylation is 2. The molecule has 2 fully saturated rings. The molecule has 8 heteroatoms. The predicted octanol–water partition coefficient (Wildman–Crippen LogP) is 1.37. The molecule has 0 aromatic carbocycles. The van der Waals surface area contributed by atoms with Crippen LogP contribution in [-0.2, 0) is 6.54 Å². The van der Waals surface area contributed by atoms with Crippen LogP contribution in [0.25, 0.3) is 0 Å². The minimum Gasteiger partial charge on any atom is -0.444 e. The van der Waals surface area contributed by atoms with Gasteiger partial charge in [0.2, 0.25) is 5.89 Å². The van der Waals surface area contributed by atoms with Crippen molar-refractivity contribution in [3.05, 3.63) is 35.3 Å². The average Bonchev–Trinajstić information content (AvgIpc) is 3.30. The summed E-state index contributed by atoms with van der Waals surface area (Å²) in [5, 5.41) is 7.95. The second-order valence-electron chi connectivity index (χ2n) is 7.50. The number of hydrogen-bond acceptors (Lipinski definition) is 6. The van der Waals surface area contributed by atoms with Gasteiger partial charge in [-0.2, -0.15) is 5.10 Å². The Morgan fingerprint density at radius 1 is 1.30 bits per heavy atom. The van der Waals surface area contributed by atoms with E-state index in [1.165, 1.54) is 0 Å². The summed E-state index contributed by atoms with van der Waals surface area (Å²) in [6.07, 6.45) is 4.20. The van der Waals surface area contributed by atoms with Crippen LogP contribution in [0.1, 0.15) is 46.7 Å². The first-order valence-corrected chi connectivity index (χ1v) is 9.80. The predicted molar refractivity (Wildman–Crippen MR) is 101 cm³/mol. The Kier molecular flexibility index (Phi) is 5.27. The van der Waals surface area contributed by atoms with Crippen molar-refractivity contribution in [3.8, 4) is 0 Å². The van der Waals surface area contributed by atoms with E-state index >= 15 is 0 Å². The normalized spacial score (nSPS) is 21.6. The van der Waals surface area contributed by atoms with E-state index in [-0.39, 0.29) is 5.91 Å². The van der Waals surface area contributed by atoms with Crippen molar-refractivity contribution >= 4 is 5.91 Å². The average molecular weight is 372 g/mol. The van der Waals surface area contributed by atoms with Crippen molar-refractivity contribution in [1.82, 2.24) is 29.9 Å². The number of nitrogens with one attached hydrogen (secondary N) is 1. The van der Waals surface area contributed by atoms with Crippen molar-refractivity contribution in [2.24, 2.45) is 0 Å². The van der Waals surface area contributed by atoms with Gasteiger partial charge in [0.15, 0.2) is 0 Å². The van der Waals surface area contributed by atoms with Crippen LogP contribution in [0.2, 0.25) is 0 Å². The first kappa shape index (κ1) is 18.2. The molecular formula is C19H28N6O2. The molecule has 2 aliphatic heterocycles. The highest BCUT2D eigenvalue weighted by Gasteiger charge is 2.25. The van der Waals surface area contributed by atoms with E-state index in [0.29, 0.717) is 31.4 Å². The Morgan fingerprint density at radius 2 is 2.11 bits per heavy atom. The van der Waals surface area contributed by atoms with Crippen molar-refractivity contribution in [2.75, 3.05) is 39.3 Å². The van der Waals surface area contributed by atoms with Gasteiger partial charge in [0.05, 0.1) is 18.3 Å². The zero-order valence-electron chi connectivity index (χ0n) is 16.1. The zero-order valence-corrected chi connectivity index (χ0v) is 16.1. The van der Waals surface area contributed by atoms with Crippen molar-refractivity contribution in [3.63, 3.8) is 0 Å². The Bertz CT molecular complexity index is 764. The Morgan fingerprint density at radius 3 is 2.78 bits per heavy atom. The summed E-state index contributed by atoms with van der Waals surface area (Å²) >= 11 is 0. The maximum absolute atomic E-state index is 12.8. The summed E-state index contributed by atoms with van der Waals surface area (Å²) in [4.78, 5) is 21.4. The number of carbonyl (C=O) groups excluding carboxylic acids is 1. The zero-order chi connectivity index (χ0) is 18.8. The lowest BCUT2D eigenvalue weighted by Gasteiger charge is -2.33. The van der Waals surface area contributed by atoms with Crippen LogP contribution < -0.4 is 5.32 Å². The van der Waals surface area contributed by atoms with E-state index < -0.39 is 0 Å². The van der Waals surface area contributed by atoms with E-state index in [0.717, 1.165) is 56.4 Å². The van der Waals surface area contributed by atoms with Gasteiger partial charge in [-0.3, -0.25) is 14.4 Å². The molecule has 2 aliphatic rings. The molecule has 0 spiro atoms. The molecule has 2 aromatic heterocycles. The first-order valence-electron chi connectivity index (χ1n) is 9.80. The standard InChI is InChI=1S/C19H28N6O2/c1-14-15(2)27-18(21-14)13-23-8-10-24(11-9-23)19(26)17-5-7-25(22-17)16-4-3-6-20-12-16/h5,7,16,20H,3-4,6,8-13H2,1-2H3. The van der Waals surface area contributed by atoms with Crippen LogP contribution in [-0.4, -0.2) is 69.7 Å². The lowest BCUT2D eigenvalue weighted by atomic mass is 10.1. The van der Waals surface area contributed by atoms with Gasteiger partial charge in [0, 0.05) is 38.9 Å². The highest BCUT2D eigenvalue weighted by Crippen LogP contribution is 2.17. The van der Waals surface area contributed by atoms with Crippen LogP contribution >= 0.6 is 0 Å². The number of hydrogen-bond donors (Lipinski definition) is 1. The fraction of sp³-hybridized carbons (Fsp3) is 0.632. The topological polar surface area (TPSA) is 79.4 Å². The first-order chi connectivity index (χ1) is 13.1. The molecule has 0 radical (unpaired) electrons. The number of nitrogens with zero attached hydrogens (tertiary/aromatic N) is 5. The number of piperazine rings is 1. The third-order valence-electron chi connectivity index (χ3n) is 5.56. The molecule has 8 nitrogen and oxygen atoms in total. The van der Waals surface area contributed by atoms with Crippen molar-refractivity contribution in [1.29, 1.82) is 0 Å². The highest BCUT2D eigenvalue weighted by atomic mass is 16.4. The Labute approximate surface area is 159 Å². The Hall–Kier alpha value is -2.19. The van der Waals surface area contributed by atoms with E-state index in [1.807, 2.05) is 35.7 Å². The van der Waals surface area contributed by atoms with Gasteiger partial charge in [-0.15, -0.1) is 0 Å². The fourth-order valence-electron chi connectivity index (χ4n) is 3.78. The highest BCUT2D eigenvalue weighted by molar-refractivity contribution is 5.92. The number of rotatable bonds is 4. The molecule has 1 N–H and O–H groups in total. The molecule has 2 aromatic rings. The van der Waals surface area contributed by atoms with E-state index in [2.05, 4.69) is 20.3 Å². The smallest absolute Gasteiger partial charge is 0.274 e. The van der Waals surface area contributed by atoms with E-state index in [1.54, 1.807) is 0 Å².